The van der Waals surface area contributed by atoms with Gasteiger partial charge in [-0.2, -0.15) is 0 Å². The summed E-state index contributed by atoms with van der Waals surface area (Å²) in [6.07, 6.45) is 0.910. The predicted octanol–water partition coefficient (Wildman–Crippen LogP) is 0.324. The molecule has 0 unspecified atom stereocenters. The lowest BCUT2D eigenvalue weighted by Gasteiger charge is -2.07. The molecule has 0 aromatic heterocycles. The number of hydrogen-bond acceptors (Lipinski definition) is 4. The first kappa shape index (κ1) is 13.3. The quantitative estimate of drug-likeness (QED) is 0.745. The molecule has 0 bridgehead atoms. The second kappa shape index (κ2) is 6.09. The zero-order chi connectivity index (χ0) is 12.7. The molecule has 1 aromatic rings. The smallest absolute Gasteiger partial charge is 0.328 e. The molecular formula is C10H14N2O4S. The second-order valence-corrected chi connectivity index (χ2v) is 5.04. The van der Waals surface area contributed by atoms with Gasteiger partial charge in [0.15, 0.2) is 0 Å². The van der Waals surface area contributed by atoms with Crippen molar-refractivity contribution in [3.8, 4) is 5.75 Å². The number of para-hydroxylation sites is 1. The molecule has 0 atom stereocenters. The average Bonchev–Trinajstić information content (AvgIpc) is 2.23. The SMILES string of the molecule is CS(=O)(=O)NC(=O)NCCOc1ccccc1. The van der Waals surface area contributed by atoms with E-state index < -0.39 is 16.1 Å². The Kier molecular flexibility index (Phi) is 4.77. The van der Waals surface area contributed by atoms with Gasteiger partial charge in [-0.15, -0.1) is 0 Å². The van der Waals surface area contributed by atoms with E-state index in [0.717, 1.165) is 6.26 Å². The van der Waals surface area contributed by atoms with Gasteiger partial charge in [-0.25, -0.2) is 17.9 Å². The van der Waals surface area contributed by atoms with Crippen LogP contribution in [-0.4, -0.2) is 33.9 Å². The Bertz CT molecular complexity index is 458. The Labute approximate surface area is 100 Å². The third kappa shape index (κ3) is 6.41. The van der Waals surface area contributed by atoms with Crippen molar-refractivity contribution in [3.05, 3.63) is 30.3 Å². The Morgan fingerprint density at radius 1 is 1.29 bits per heavy atom. The van der Waals surface area contributed by atoms with Crippen molar-refractivity contribution in [1.29, 1.82) is 0 Å². The van der Waals surface area contributed by atoms with Gasteiger partial charge >= 0.3 is 6.03 Å². The van der Waals surface area contributed by atoms with Crippen LogP contribution in [-0.2, 0) is 10.0 Å². The molecule has 94 valence electrons. The van der Waals surface area contributed by atoms with E-state index in [1.807, 2.05) is 18.2 Å². The highest BCUT2D eigenvalue weighted by atomic mass is 32.2. The third-order valence-electron chi connectivity index (χ3n) is 1.68. The molecule has 7 heteroatoms. The van der Waals surface area contributed by atoms with Gasteiger partial charge in [0.1, 0.15) is 12.4 Å². The summed E-state index contributed by atoms with van der Waals surface area (Å²) in [4.78, 5) is 11.0. The zero-order valence-electron chi connectivity index (χ0n) is 9.34. The summed E-state index contributed by atoms with van der Waals surface area (Å²) in [5, 5.41) is 2.36. The molecule has 0 aliphatic heterocycles. The minimum Gasteiger partial charge on any atom is -0.492 e. The zero-order valence-corrected chi connectivity index (χ0v) is 10.2. The van der Waals surface area contributed by atoms with Crippen molar-refractivity contribution in [3.63, 3.8) is 0 Å². The Morgan fingerprint density at radius 2 is 1.94 bits per heavy atom. The molecule has 0 fully saturated rings. The van der Waals surface area contributed by atoms with Crippen LogP contribution in [0.1, 0.15) is 0 Å². The molecule has 0 heterocycles. The van der Waals surface area contributed by atoms with Gasteiger partial charge in [0.25, 0.3) is 0 Å². The Balaban J connectivity index is 2.19. The summed E-state index contributed by atoms with van der Waals surface area (Å²) in [6.45, 7) is 0.484. The molecule has 0 radical (unpaired) electrons. The monoisotopic (exact) mass is 258 g/mol. The van der Waals surface area contributed by atoms with Crippen LogP contribution in [0.15, 0.2) is 30.3 Å². The first-order valence-electron chi connectivity index (χ1n) is 4.91. The van der Waals surface area contributed by atoms with Crippen molar-refractivity contribution in [2.75, 3.05) is 19.4 Å². The normalized spacial score (nSPS) is 10.6. The van der Waals surface area contributed by atoms with Crippen molar-refractivity contribution >= 4 is 16.1 Å². The Morgan fingerprint density at radius 3 is 2.53 bits per heavy atom. The van der Waals surface area contributed by atoms with Crippen LogP contribution in [0, 0.1) is 0 Å². The summed E-state index contributed by atoms with van der Waals surface area (Å²) in [5.74, 6) is 0.692. The molecule has 2 amide bonds. The molecule has 1 rings (SSSR count). The number of carbonyl (C=O) groups excluding carboxylic acids is 1. The molecule has 2 N–H and O–H groups in total. The van der Waals surface area contributed by atoms with Crippen LogP contribution in [0.2, 0.25) is 0 Å². The van der Waals surface area contributed by atoms with E-state index in [4.69, 9.17) is 4.74 Å². The van der Waals surface area contributed by atoms with Crippen molar-refractivity contribution in [1.82, 2.24) is 10.0 Å². The van der Waals surface area contributed by atoms with E-state index in [1.54, 1.807) is 16.9 Å². The highest BCUT2D eigenvalue weighted by Gasteiger charge is 2.06. The standard InChI is InChI=1S/C10H14N2O4S/c1-17(14,15)12-10(13)11-7-8-16-9-5-3-2-4-6-9/h2-6H,7-8H2,1H3,(H2,11,12,13). The van der Waals surface area contributed by atoms with E-state index in [2.05, 4.69) is 5.32 Å². The summed E-state index contributed by atoms with van der Waals surface area (Å²) in [6, 6.07) is 8.35. The highest BCUT2D eigenvalue weighted by Crippen LogP contribution is 2.07. The average molecular weight is 258 g/mol. The molecule has 6 nitrogen and oxygen atoms in total. The molecule has 17 heavy (non-hydrogen) atoms. The first-order valence-corrected chi connectivity index (χ1v) is 6.80. The number of amides is 2. The number of benzene rings is 1. The van der Waals surface area contributed by atoms with Crippen molar-refractivity contribution < 1.29 is 17.9 Å². The first-order chi connectivity index (χ1) is 7.97. The van der Waals surface area contributed by atoms with Gasteiger partial charge in [-0.1, -0.05) is 18.2 Å². The van der Waals surface area contributed by atoms with E-state index in [-0.39, 0.29) is 13.2 Å². The molecule has 0 aliphatic rings. The molecular weight excluding hydrogens is 244 g/mol. The molecule has 0 saturated heterocycles. The molecule has 0 saturated carbocycles. The van der Waals surface area contributed by atoms with Crippen LogP contribution in [0.25, 0.3) is 0 Å². The van der Waals surface area contributed by atoms with Crippen LogP contribution in [0.4, 0.5) is 4.79 Å². The van der Waals surface area contributed by atoms with Crippen LogP contribution in [0.3, 0.4) is 0 Å². The van der Waals surface area contributed by atoms with Crippen molar-refractivity contribution in [2.24, 2.45) is 0 Å². The maximum atomic E-state index is 11.0. The van der Waals surface area contributed by atoms with E-state index >= 15 is 0 Å². The minimum atomic E-state index is -3.52. The number of urea groups is 1. The van der Waals surface area contributed by atoms with Crippen LogP contribution < -0.4 is 14.8 Å². The lowest BCUT2D eigenvalue weighted by atomic mass is 10.3. The molecule has 0 aliphatic carbocycles. The molecule has 0 spiro atoms. The van der Waals surface area contributed by atoms with Gasteiger partial charge in [0, 0.05) is 0 Å². The van der Waals surface area contributed by atoms with Gasteiger partial charge in [-0.3, -0.25) is 0 Å². The summed E-state index contributed by atoms with van der Waals surface area (Å²) < 4.78 is 28.5. The van der Waals surface area contributed by atoms with Gasteiger partial charge in [-0.05, 0) is 12.1 Å². The topological polar surface area (TPSA) is 84.5 Å². The minimum absolute atomic E-state index is 0.218. The number of carbonyl (C=O) groups is 1. The van der Waals surface area contributed by atoms with Gasteiger partial charge < -0.3 is 10.1 Å². The van der Waals surface area contributed by atoms with Gasteiger partial charge in [0.05, 0.1) is 12.8 Å². The van der Waals surface area contributed by atoms with E-state index in [0.29, 0.717) is 5.75 Å². The maximum absolute atomic E-state index is 11.0. The number of rotatable bonds is 5. The Hall–Kier alpha value is -1.76. The van der Waals surface area contributed by atoms with E-state index in [9.17, 15) is 13.2 Å². The maximum Gasteiger partial charge on any atom is 0.328 e. The highest BCUT2D eigenvalue weighted by molar-refractivity contribution is 7.89. The van der Waals surface area contributed by atoms with E-state index in [1.165, 1.54) is 0 Å². The fraction of sp³-hybridized carbons (Fsp3) is 0.300. The number of hydrogen-bond donors (Lipinski definition) is 2. The number of sulfonamides is 1. The molecule has 1 aromatic carbocycles. The largest absolute Gasteiger partial charge is 0.492 e. The number of ether oxygens (including phenoxy) is 1. The van der Waals surface area contributed by atoms with Crippen molar-refractivity contribution in [2.45, 2.75) is 0 Å². The summed E-state index contributed by atoms with van der Waals surface area (Å²) in [7, 11) is -3.52. The third-order valence-corrected chi connectivity index (χ3v) is 2.23. The predicted molar refractivity (Wildman–Crippen MR) is 63.3 cm³/mol. The fourth-order valence-electron chi connectivity index (χ4n) is 1.05. The van der Waals surface area contributed by atoms with Crippen LogP contribution in [0.5, 0.6) is 5.75 Å². The number of nitrogens with one attached hydrogen (secondary N) is 2. The summed E-state index contributed by atoms with van der Waals surface area (Å²) in [5.41, 5.74) is 0. The van der Waals surface area contributed by atoms with Crippen LogP contribution >= 0.6 is 0 Å². The second-order valence-electron chi connectivity index (χ2n) is 3.29. The lowest BCUT2D eigenvalue weighted by Crippen LogP contribution is -2.40. The van der Waals surface area contributed by atoms with Gasteiger partial charge in [0.2, 0.25) is 10.0 Å². The fourth-order valence-corrected chi connectivity index (χ4v) is 1.46. The lowest BCUT2D eigenvalue weighted by molar-refractivity contribution is 0.241. The summed E-state index contributed by atoms with van der Waals surface area (Å²) >= 11 is 0.